The van der Waals surface area contributed by atoms with Gasteiger partial charge >= 0.3 is 5.97 Å². The van der Waals surface area contributed by atoms with Crippen molar-refractivity contribution in [3.8, 4) is 0 Å². The number of carboxylic acids is 1. The first kappa shape index (κ1) is 35.0. The van der Waals surface area contributed by atoms with E-state index in [2.05, 4.69) is 20.9 Å². The number of rotatable bonds is 21. The van der Waals surface area contributed by atoms with Crippen molar-refractivity contribution in [2.24, 2.45) is 39.4 Å². The van der Waals surface area contributed by atoms with E-state index in [-0.39, 0.29) is 51.0 Å². The molecule has 17 nitrogen and oxygen atoms in total. The molecule has 222 valence electrons. The second kappa shape index (κ2) is 19.1. The summed E-state index contributed by atoms with van der Waals surface area (Å²) in [5, 5.41) is 16.6. The summed E-state index contributed by atoms with van der Waals surface area (Å²) < 4.78 is 0. The van der Waals surface area contributed by atoms with Crippen molar-refractivity contribution in [2.75, 3.05) is 13.1 Å². The van der Waals surface area contributed by atoms with Crippen LogP contribution in [0, 0.1) is 0 Å². The molecule has 0 heterocycles. The monoisotopic (exact) mass is 558 g/mol. The molecule has 0 aromatic carbocycles. The first-order valence-corrected chi connectivity index (χ1v) is 12.5. The van der Waals surface area contributed by atoms with E-state index in [4.69, 9.17) is 34.4 Å². The molecule has 0 aromatic heterocycles. The van der Waals surface area contributed by atoms with Gasteiger partial charge in [-0.05, 0) is 51.5 Å². The standard InChI is InChI=1S/C22H42N10O7/c23-10-2-1-5-13(30-18(35)12(24)4-3-11-29-22(27)28)19(36)31-14(6-8-16(25)33)20(37)32-15(21(38)39)7-9-17(26)34/h12-15H,1-11,23-24H2,(H2,25,33)(H2,26,34)(H,30,35)(H,31,36)(H,32,37)(H,38,39)(H4,27,28,29). The number of carboxylic acid groups (broad SMARTS) is 1. The van der Waals surface area contributed by atoms with E-state index in [9.17, 15) is 33.9 Å². The fourth-order valence-corrected chi connectivity index (χ4v) is 3.33. The Hall–Kier alpha value is -3.99. The zero-order valence-corrected chi connectivity index (χ0v) is 21.9. The molecule has 0 aromatic rings. The molecule has 17 heteroatoms. The normalized spacial score (nSPS) is 13.7. The summed E-state index contributed by atoms with van der Waals surface area (Å²) in [6, 6.07) is -4.93. The van der Waals surface area contributed by atoms with Crippen LogP contribution in [0.3, 0.4) is 0 Å². The molecule has 39 heavy (non-hydrogen) atoms. The summed E-state index contributed by atoms with van der Waals surface area (Å²) in [7, 11) is 0. The number of hydrogen-bond acceptors (Lipinski definition) is 9. The van der Waals surface area contributed by atoms with Crippen molar-refractivity contribution in [1.29, 1.82) is 0 Å². The first-order chi connectivity index (χ1) is 18.3. The Bertz CT molecular complexity index is 879. The van der Waals surface area contributed by atoms with Crippen molar-refractivity contribution in [3.63, 3.8) is 0 Å². The van der Waals surface area contributed by atoms with Crippen LogP contribution in [0.5, 0.6) is 0 Å². The largest absolute Gasteiger partial charge is 0.480 e. The molecule has 0 aliphatic carbocycles. The van der Waals surface area contributed by atoms with E-state index in [1.807, 2.05) is 0 Å². The molecule has 5 amide bonds. The Morgan fingerprint density at radius 3 is 1.64 bits per heavy atom. The summed E-state index contributed by atoms with van der Waals surface area (Å²) in [5.74, 6) is -5.35. The van der Waals surface area contributed by atoms with E-state index in [1.165, 1.54) is 0 Å². The van der Waals surface area contributed by atoms with Gasteiger partial charge in [0.2, 0.25) is 29.5 Å². The lowest BCUT2D eigenvalue weighted by atomic mass is 10.0. The van der Waals surface area contributed by atoms with Crippen LogP contribution in [0.2, 0.25) is 0 Å². The lowest BCUT2D eigenvalue weighted by Crippen LogP contribution is -2.57. The number of carbonyl (C=O) groups excluding carboxylic acids is 5. The topological polar surface area (TPSA) is 327 Å². The number of amides is 5. The van der Waals surface area contributed by atoms with E-state index in [0.717, 1.165) is 0 Å². The molecule has 0 saturated heterocycles. The van der Waals surface area contributed by atoms with Crippen molar-refractivity contribution in [3.05, 3.63) is 0 Å². The predicted molar refractivity (Wildman–Crippen MR) is 141 cm³/mol. The van der Waals surface area contributed by atoms with Gasteiger partial charge < -0.3 is 55.5 Å². The maximum Gasteiger partial charge on any atom is 0.326 e. The van der Waals surface area contributed by atoms with Crippen molar-refractivity contribution in [1.82, 2.24) is 16.0 Å². The van der Waals surface area contributed by atoms with Crippen molar-refractivity contribution >= 4 is 41.5 Å². The zero-order chi connectivity index (χ0) is 30.0. The Balaban J connectivity index is 5.54. The van der Waals surface area contributed by atoms with E-state index in [0.29, 0.717) is 25.8 Å². The average Bonchev–Trinajstić information content (AvgIpc) is 2.85. The molecule has 16 N–H and O–H groups in total. The number of unbranched alkanes of at least 4 members (excludes halogenated alkanes) is 1. The Morgan fingerprint density at radius 1 is 0.667 bits per heavy atom. The Labute approximate surface area is 226 Å². The van der Waals surface area contributed by atoms with Gasteiger partial charge in [-0.2, -0.15) is 0 Å². The molecule has 0 fully saturated rings. The van der Waals surface area contributed by atoms with Crippen LogP contribution in [0.25, 0.3) is 0 Å². The third-order valence-electron chi connectivity index (χ3n) is 5.49. The second-order valence-corrected chi connectivity index (χ2v) is 8.87. The Kier molecular flexibility index (Phi) is 17.2. The summed E-state index contributed by atoms with van der Waals surface area (Å²) >= 11 is 0. The highest BCUT2D eigenvalue weighted by molar-refractivity contribution is 5.94. The number of primary amides is 2. The average molecular weight is 559 g/mol. The quantitative estimate of drug-likeness (QED) is 0.0364. The van der Waals surface area contributed by atoms with Crippen LogP contribution in [0.4, 0.5) is 0 Å². The summed E-state index contributed by atoms with van der Waals surface area (Å²) in [4.78, 5) is 76.3. The summed E-state index contributed by atoms with van der Waals surface area (Å²) in [6.45, 7) is 0.606. The molecular weight excluding hydrogens is 516 g/mol. The minimum atomic E-state index is -1.48. The smallest absolute Gasteiger partial charge is 0.326 e. The van der Waals surface area contributed by atoms with E-state index < -0.39 is 59.7 Å². The number of aliphatic carboxylic acids is 1. The van der Waals surface area contributed by atoms with Crippen LogP contribution in [0.1, 0.15) is 57.8 Å². The molecule has 0 spiro atoms. The predicted octanol–water partition coefficient (Wildman–Crippen LogP) is -4.43. The lowest BCUT2D eigenvalue weighted by molar-refractivity contribution is -0.142. The van der Waals surface area contributed by atoms with Gasteiger partial charge in [0, 0.05) is 19.4 Å². The maximum absolute atomic E-state index is 13.1. The van der Waals surface area contributed by atoms with Gasteiger partial charge in [-0.1, -0.05) is 0 Å². The number of aliphatic imine (C=N–C) groups is 1. The van der Waals surface area contributed by atoms with Crippen molar-refractivity contribution < 1.29 is 33.9 Å². The number of nitrogens with one attached hydrogen (secondary N) is 3. The van der Waals surface area contributed by atoms with E-state index in [1.54, 1.807) is 0 Å². The first-order valence-electron chi connectivity index (χ1n) is 12.5. The van der Waals surface area contributed by atoms with Gasteiger partial charge in [-0.3, -0.25) is 29.0 Å². The second-order valence-electron chi connectivity index (χ2n) is 8.87. The van der Waals surface area contributed by atoms with Crippen LogP contribution in [-0.4, -0.2) is 83.8 Å². The highest BCUT2D eigenvalue weighted by Crippen LogP contribution is 2.07. The number of carbonyl (C=O) groups is 6. The molecule has 0 bridgehead atoms. The maximum atomic E-state index is 13.1. The van der Waals surface area contributed by atoms with Gasteiger partial charge in [0.1, 0.15) is 18.1 Å². The lowest BCUT2D eigenvalue weighted by Gasteiger charge is -2.25. The summed E-state index contributed by atoms with van der Waals surface area (Å²) in [6.07, 6.45) is 0.665. The van der Waals surface area contributed by atoms with Gasteiger partial charge in [-0.25, -0.2) is 4.79 Å². The molecule has 0 aliphatic heterocycles. The molecule has 4 atom stereocenters. The highest BCUT2D eigenvalue weighted by Gasteiger charge is 2.30. The van der Waals surface area contributed by atoms with Crippen LogP contribution in [-0.2, 0) is 28.8 Å². The molecule has 0 aliphatic rings. The zero-order valence-electron chi connectivity index (χ0n) is 21.9. The molecular formula is C22H42N10O7. The van der Waals surface area contributed by atoms with Gasteiger partial charge in [0.05, 0.1) is 6.04 Å². The number of nitrogens with two attached hydrogens (primary N) is 6. The Morgan fingerprint density at radius 2 is 1.15 bits per heavy atom. The number of nitrogens with zero attached hydrogens (tertiary/aromatic N) is 1. The molecule has 0 radical (unpaired) electrons. The third kappa shape index (κ3) is 16.5. The molecule has 4 unspecified atom stereocenters. The number of hydrogen-bond donors (Lipinski definition) is 10. The van der Waals surface area contributed by atoms with Crippen LogP contribution < -0.4 is 50.4 Å². The van der Waals surface area contributed by atoms with Crippen LogP contribution >= 0.6 is 0 Å². The van der Waals surface area contributed by atoms with Gasteiger partial charge in [0.15, 0.2) is 5.96 Å². The SMILES string of the molecule is NCCCCC(NC(=O)C(N)CCCN=C(N)N)C(=O)NC(CCC(N)=O)C(=O)NC(CCC(N)=O)C(=O)O. The van der Waals surface area contributed by atoms with Crippen LogP contribution in [0.15, 0.2) is 4.99 Å². The fourth-order valence-electron chi connectivity index (χ4n) is 3.33. The van der Waals surface area contributed by atoms with E-state index >= 15 is 0 Å². The molecule has 0 rings (SSSR count). The van der Waals surface area contributed by atoms with Gasteiger partial charge in [0.25, 0.3) is 0 Å². The number of guanidine groups is 1. The van der Waals surface area contributed by atoms with Gasteiger partial charge in [-0.15, -0.1) is 0 Å². The third-order valence-corrected chi connectivity index (χ3v) is 5.49. The fraction of sp³-hybridized carbons (Fsp3) is 0.682. The van der Waals surface area contributed by atoms with Crippen molar-refractivity contribution in [2.45, 2.75) is 82.0 Å². The minimum Gasteiger partial charge on any atom is -0.480 e. The summed E-state index contributed by atoms with van der Waals surface area (Å²) in [5.41, 5.74) is 32.2. The highest BCUT2D eigenvalue weighted by atomic mass is 16.4. The minimum absolute atomic E-state index is 0.0952. The molecule has 0 saturated carbocycles.